The highest BCUT2D eigenvalue weighted by Crippen LogP contribution is 2.33. The Bertz CT molecular complexity index is 311. The molecule has 0 radical (unpaired) electrons. The minimum Gasteiger partial charge on any atom is -0.508 e. The van der Waals surface area contributed by atoms with Gasteiger partial charge in [-0.2, -0.15) is 0 Å². The number of hydrogen-bond donors (Lipinski definition) is 1. The third-order valence-electron chi connectivity index (χ3n) is 2.09. The van der Waals surface area contributed by atoms with Gasteiger partial charge in [-0.25, -0.2) is 0 Å². The Hall–Kier alpha value is -1.18. The van der Waals surface area contributed by atoms with Crippen LogP contribution in [0, 0.1) is 0 Å². The summed E-state index contributed by atoms with van der Waals surface area (Å²) in [6.45, 7) is 8.80. The summed E-state index contributed by atoms with van der Waals surface area (Å²) in [5.41, 5.74) is 0.862. The highest BCUT2D eigenvalue weighted by atomic mass is 16.5. The van der Waals surface area contributed by atoms with Crippen molar-refractivity contribution in [1.29, 1.82) is 0 Å². The van der Waals surface area contributed by atoms with E-state index in [1.807, 2.05) is 13.0 Å². The first kappa shape index (κ1) is 10.9. The maximum atomic E-state index is 9.68. The van der Waals surface area contributed by atoms with Gasteiger partial charge in [0.2, 0.25) is 0 Å². The van der Waals surface area contributed by atoms with Gasteiger partial charge in [0.15, 0.2) is 0 Å². The lowest BCUT2D eigenvalue weighted by atomic mass is 9.86. The van der Waals surface area contributed by atoms with E-state index in [-0.39, 0.29) is 5.41 Å². The fourth-order valence-electron chi connectivity index (χ4n) is 1.37. The molecule has 0 saturated heterocycles. The third-order valence-corrected chi connectivity index (χ3v) is 2.09. The summed E-state index contributed by atoms with van der Waals surface area (Å²) in [6, 6.07) is 5.37. The Labute approximate surface area is 85.5 Å². The van der Waals surface area contributed by atoms with Crippen molar-refractivity contribution in [3.63, 3.8) is 0 Å². The molecule has 0 fully saturated rings. The molecule has 0 aliphatic heterocycles. The third kappa shape index (κ3) is 2.41. The molecule has 0 atom stereocenters. The van der Waals surface area contributed by atoms with Crippen molar-refractivity contribution in [2.45, 2.75) is 33.1 Å². The van der Waals surface area contributed by atoms with E-state index in [0.717, 1.165) is 11.3 Å². The zero-order valence-corrected chi connectivity index (χ0v) is 9.29. The van der Waals surface area contributed by atoms with Gasteiger partial charge in [0.25, 0.3) is 0 Å². The molecule has 1 aromatic rings. The van der Waals surface area contributed by atoms with Crippen molar-refractivity contribution in [1.82, 2.24) is 0 Å². The highest BCUT2D eigenvalue weighted by molar-refractivity contribution is 5.43. The van der Waals surface area contributed by atoms with Crippen LogP contribution in [0.4, 0.5) is 0 Å². The minimum atomic E-state index is -0.0583. The van der Waals surface area contributed by atoms with Crippen molar-refractivity contribution >= 4 is 0 Å². The Morgan fingerprint density at radius 3 is 2.43 bits per heavy atom. The molecule has 1 rings (SSSR count). The van der Waals surface area contributed by atoms with Crippen LogP contribution in [-0.4, -0.2) is 11.7 Å². The van der Waals surface area contributed by atoms with Gasteiger partial charge in [0.05, 0.1) is 6.61 Å². The molecule has 0 heterocycles. The van der Waals surface area contributed by atoms with Gasteiger partial charge in [0.1, 0.15) is 11.5 Å². The molecule has 1 N–H and O–H groups in total. The maximum absolute atomic E-state index is 9.68. The SMILES string of the molecule is CCOc1ccc(O)c(C(C)(C)C)c1. The summed E-state index contributed by atoms with van der Waals surface area (Å²) < 4.78 is 5.39. The van der Waals surface area contributed by atoms with Crippen molar-refractivity contribution in [2.24, 2.45) is 0 Å². The van der Waals surface area contributed by atoms with Crippen LogP contribution >= 0.6 is 0 Å². The molecule has 2 nitrogen and oxygen atoms in total. The second-order valence-electron chi connectivity index (χ2n) is 4.36. The van der Waals surface area contributed by atoms with Crippen LogP contribution in [0.3, 0.4) is 0 Å². The summed E-state index contributed by atoms with van der Waals surface area (Å²) in [7, 11) is 0. The monoisotopic (exact) mass is 194 g/mol. The van der Waals surface area contributed by atoms with Gasteiger partial charge in [0, 0.05) is 5.56 Å². The standard InChI is InChI=1S/C12H18O2/c1-5-14-9-6-7-11(13)10(8-9)12(2,3)4/h6-8,13H,5H2,1-4H3. The van der Waals surface area contributed by atoms with Crippen molar-refractivity contribution < 1.29 is 9.84 Å². The summed E-state index contributed by atoms with van der Waals surface area (Å²) in [4.78, 5) is 0. The zero-order valence-electron chi connectivity index (χ0n) is 9.29. The summed E-state index contributed by atoms with van der Waals surface area (Å²) in [5.74, 6) is 1.15. The lowest BCUT2D eigenvalue weighted by molar-refractivity contribution is 0.337. The Kier molecular flexibility index (Phi) is 3.04. The van der Waals surface area contributed by atoms with Crippen LogP contribution in [0.25, 0.3) is 0 Å². The van der Waals surface area contributed by atoms with Gasteiger partial charge in [-0.3, -0.25) is 0 Å². The Morgan fingerprint density at radius 2 is 1.93 bits per heavy atom. The van der Waals surface area contributed by atoms with Crippen LogP contribution in [0.2, 0.25) is 0 Å². The van der Waals surface area contributed by atoms with Gasteiger partial charge in [-0.15, -0.1) is 0 Å². The molecule has 14 heavy (non-hydrogen) atoms. The number of hydrogen-bond acceptors (Lipinski definition) is 2. The fourth-order valence-corrected chi connectivity index (χ4v) is 1.37. The number of phenolic OH excluding ortho intramolecular Hbond substituents is 1. The molecule has 0 unspecified atom stereocenters. The predicted octanol–water partition coefficient (Wildman–Crippen LogP) is 3.09. The van der Waals surface area contributed by atoms with Crippen LogP contribution in [0.5, 0.6) is 11.5 Å². The normalized spacial score (nSPS) is 11.4. The van der Waals surface area contributed by atoms with E-state index in [1.54, 1.807) is 12.1 Å². The first-order chi connectivity index (χ1) is 6.45. The second kappa shape index (κ2) is 3.91. The molecule has 0 amide bonds. The smallest absolute Gasteiger partial charge is 0.119 e. The number of rotatable bonds is 2. The predicted molar refractivity (Wildman–Crippen MR) is 58.0 cm³/mol. The van der Waals surface area contributed by atoms with Crippen LogP contribution < -0.4 is 4.74 Å². The minimum absolute atomic E-state index is 0.0583. The second-order valence-corrected chi connectivity index (χ2v) is 4.36. The number of aromatic hydroxyl groups is 1. The average molecular weight is 194 g/mol. The number of phenols is 1. The largest absolute Gasteiger partial charge is 0.508 e. The maximum Gasteiger partial charge on any atom is 0.119 e. The van der Waals surface area contributed by atoms with Gasteiger partial charge in [-0.1, -0.05) is 20.8 Å². The zero-order chi connectivity index (χ0) is 10.8. The van der Waals surface area contributed by atoms with E-state index in [2.05, 4.69) is 20.8 Å². The van der Waals surface area contributed by atoms with E-state index in [9.17, 15) is 5.11 Å². The molecular formula is C12H18O2. The quantitative estimate of drug-likeness (QED) is 0.784. The summed E-state index contributed by atoms with van der Waals surface area (Å²) in [5, 5.41) is 9.68. The van der Waals surface area contributed by atoms with Gasteiger partial charge < -0.3 is 9.84 Å². The average Bonchev–Trinajstić information content (AvgIpc) is 2.07. The van der Waals surface area contributed by atoms with E-state index in [4.69, 9.17) is 4.74 Å². The Morgan fingerprint density at radius 1 is 1.29 bits per heavy atom. The fraction of sp³-hybridized carbons (Fsp3) is 0.500. The molecule has 0 aliphatic rings. The summed E-state index contributed by atoms with van der Waals surface area (Å²) in [6.07, 6.45) is 0. The molecule has 0 saturated carbocycles. The Balaban J connectivity index is 3.09. The van der Waals surface area contributed by atoms with Crippen LogP contribution in [0.15, 0.2) is 18.2 Å². The molecule has 1 aromatic carbocycles. The van der Waals surface area contributed by atoms with E-state index in [0.29, 0.717) is 12.4 Å². The molecule has 2 heteroatoms. The van der Waals surface area contributed by atoms with Crippen molar-refractivity contribution in [2.75, 3.05) is 6.61 Å². The number of benzene rings is 1. The van der Waals surface area contributed by atoms with Crippen LogP contribution in [0.1, 0.15) is 33.3 Å². The van der Waals surface area contributed by atoms with E-state index >= 15 is 0 Å². The molecule has 0 bridgehead atoms. The lowest BCUT2D eigenvalue weighted by Gasteiger charge is -2.21. The lowest BCUT2D eigenvalue weighted by Crippen LogP contribution is -2.11. The van der Waals surface area contributed by atoms with Gasteiger partial charge in [-0.05, 0) is 30.5 Å². The van der Waals surface area contributed by atoms with Crippen molar-refractivity contribution in [3.8, 4) is 11.5 Å². The van der Waals surface area contributed by atoms with E-state index < -0.39 is 0 Å². The first-order valence-electron chi connectivity index (χ1n) is 4.91. The van der Waals surface area contributed by atoms with Gasteiger partial charge >= 0.3 is 0 Å². The molecular weight excluding hydrogens is 176 g/mol. The molecule has 0 aromatic heterocycles. The molecule has 0 aliphatic carbocycles. The first-order valence-corrected chi connectivity index (χ1v) is 4.91. The summed E-state index contributed by atoms with van der Waals surface area (Å²) >= 11 is 0. The highest BCUT2D eigenvalue weighted by Gasteiger charge is 2.18. The molecule has 78 valence electrons. The topological polar surface area (TPSA) is 29.5 Å². The molecule has 0 spiro atoms. The van der Waals surface area contributed by atoms with Crippen LogP contribution in [-0.2, 0) is 5.41 Å². The van der Waals surface area contributed by atoms with Crippen molar-refractivity contribution in [3.05, 3.63) is 23.8 Å². The number of ether oxygens (including phenoxy) is 1. The van der Waals surface area contributed by atoms with E-state index in [1.165, 1.54) is 0 Å².